The summed E-state index contributed by atoms with van der Waals surface area (Å²) in [7, 11) is 0. The van der Waals surface area contributed by atoms with Crippen molar-refractivity contribution in [1.82, 2.24) is 10.2 Å². The van der Waals surface area contributed by atoms with Gasteiger partial charge < -0.3 is 5.32 Å². The average Bonchev–Trinajstić information content (AvgIpc) is 2.55. The molecule has 1 aliphatic heterocycles. The number of hydrogen-bond donors (Lipinski definition) is 1. The van der Waals surface area contributed by atoms with Gasteiger partial charge in [-0.2, -0.15) is 13.2 Å². The number of allylic oxidation sites excluding steroid dienone is 1. The van der Waals surface area contributed by atoms with E-state index in [0.717, 1.165) is 38.4 Å². The zero-order valence-electron chi connectivity index (χ0n) is 14.1. The van der Waals surface area contributed by atoms with Crippen LogP contribution in [0.2, 0.25) is 0 Å². The standard InChI is InChI=1S/C18H24F4N2.ClH/c1-2-3-4-5-6-17(24-11-9-23-10-12-24)15-8-7-14(19)13-16(15)18(20,21)22;/h2,7-8,13,17,23H,1,3-6,9-12H2;1H/t17-;/m0./s1. The van der Waals surface area contributed by atoms with Crippen LogP contribution in [-0.2, 0) is 6.18 Å². The molecule has 0 amide bonds. The molecule has 1 atom stereocenters. The van der Waals surface area contributed by atoms with Gasteiger partial charge in [-0.05, 0) is 37.0 Å². The van der Waals surface area contributed by atoms with Crippen LogP contribution in [-0.4, -0.2) is 31.1 Å². The lowest BCUT2D eigenvalue weighted by Gasteiger charge is -2.36. The molecule has 0 saturated carbocycles. The van der Waals surface area contributed by atoms with Crippen LogP contribution < -0.4 is 5.32 Å². The van der Waals surface area contributed by atoms with Crippen molar-refractivity contribution in [2.45, 2.75) is 37.9 Å². The maximum atomic E-state index is 13.4. The molecule has 0 aliphatic carbocycles. The Labute approximate surface area is 152 Å². The SMILES string of the molecule is C=CCCCC[C@@H](c1ccc(F)cc1C(F)(F)F)N1CCNCC1.Cl. The molecule has 25 heavy (non-hydrogen) atoms. The minimum atomic E-state index is -4.55. The van der Waals surface area contributed by atoms with Crippen molar-refractivity contribution in [2.75, 3.05) is 26.2 Å². The first kappa shape index (κ1) is 21.9. The van der Waals surface area contributed by atoms with Crippen LogP contribution in [0.5, 0.6) is 0 Å². The van der Waals surface area contributed by atoms with Gasteiger partial charge in [-0.15, -0.1) is 19.0 Å². The number of nitrogens with zero attached hydrogens (tertiary/aromatic N) is 1. The average molecular weight is 381 g/mol. The van der Waals surface area contributed by atoms with Crippen molar-refractivity contribution in [3.8, 4) is 0 Å². The van der Waals surface area contributed by atoms with Crippen molar-refractivity contribution < 1.29 is 17.6 Å². The molecule has 1 aromatic rings. The van der Waals surface area contributed by atoms with Gasteiger partial charge in [0.2, 0.25) is 0 Å². The van der Waals surface area contributed by atoms with E-state index in [9.17, 15) is 17.6 Å². The monoisotopic (exact) mass is 380 g/mol. The second-order valence-electron chi connectivity index (χ2n) is 6.10. The lowest BCUT2D eigenvalue weighted by molar-refractivity contribution is -0.139. The fraction of sp³-hybridized carbons (Fsp3) is 0.556. The smallest absolute Gasteiger partial charge is 0.314 e. The van der Waals surface area contributed by atoms with E-state index in [1.807, 2.05) is 6.08 Å². The Kier molecular flexibility index (Phi) is 8.89. The number of halogens is 5. The van der Waals surface area contributed by atoms with Crippen LogP contribution >= 0.6 is 12.4 Å². The van der Waals surface area contributed by atoms with Crippen LogP contribution in [0.15, 0.2) is 30.9 Å². The Morgan fingerprint density at radius 3 is 2.48 bits per heavy atom. The van der Waals surface area contributed by atoms with E-state index in [-0.39, 0.29) is 24.0 Å². The molecule has 1 N–H and O–H groups in total. The molecule has 0 spiro atoms. The van der Waals surface area contributed by atoms with Crippen molar-refractivity contribution in [2.24, 2.45) is 0 Å². The van der Waals surface area contributed by atoms with Crippen LogP contribution in [0.1, 0.15) is 42.9 Å². The Hall–Kier alpha value is -1.11. The largest absolute Gasteiger partial charge is 0.416 e. The molecule has 142 valence electrons. The number of hydrogen-bond acceptors (Lipinski definition) is 2. The highest BCUT2D eigenvalue weighted by Crippen LogP contribution is 2.38. The highest BCUT2D eigenvalue weighted by atomic mass is 35.5. The van der Waals surface area contributed by atoms with Gasteiger partial charge in [0.15, 0.2) is 0 Å². The maximum absolute atomic E-state index is 13.4. The summed E-state index contributed by atoms with van der Waals surface area (Å²) in [4.78, 5) is 2.08. The Morgan fingerprint density at radius 1 is 1.20 bits per heavy atom. The number of nitrogens with one attached hydrogen (secondary N) is 1. The maximum Gasteiger partial charge on any atom is 0.416 e. The molecular weight excluding hydrogens is 356 g/mol. The Morgan fingerprint density at radius 2 is 1.88 bits per heavy atom. The molecule has 1 fully saturated rings. The van der Waals surface area contributed by atoms with Gasteiger partial charge in [-0.25, -0.2) is 4.39 Å². The second kappa shape index (κ2) is 10.1. The zero-order chi connectivity index (χ0) is 17.6. The molecule has 0 unspecified atom stereocenters. The highest BCUT2D eigenvalue weighted by Gasteiger charge is 2.37. The summed E-state index contributed by atoms with van der Waals surface area (Å²) in [6, 6.07) is 2.71. The van der Waals surface area contributed by atoms with Crippen molar-refractivity contribution in [3.05, 3.63) is 47.8 Å². The molecular formula is C18H25ClF4N2. The molecule has 2 nitrogen and oxygen atoms in total. The van der Waals surface area contributed by atoms with Crippen molar-refractivity contribution in [3.63, 3.8) is 0 Å². The molecule has 7 heteroatoms. The number of rotatable bonds is 7. The Balaban J connectivity index is 0.00000312. The molecule has 1 heterocycles. The third-order valence-electron chi connectivity index (χ3n) is 4.41. The summed E-state index contributed by atoms with van der Waals surface area (Å²) in [5, 5.41) is 3.21. The summed E-state index contributed by atoms with van der Waals surface area (Å²) < 4.78 is 53.6. The Bertz CT molecular complexity index is 542. The normalized spacial score (nSPS) is 17.0. The van der Waals surface area contributed by atoms with E-state index in [1.54, 1.807) is 0 Å². The predicted octanol–water partition coefficient (Wildman–Crippen LogP) is 4.96. The quantitative estimate of drug-likeness (QED) is 0.408. The number of piperazine rings is 1. The van der Waals surface area contributed by atoms with Gasteiger partial charge in [0.1, 0.15) is 5.82 Å². The van der Waals surface area contributed by atoms with E-state index in [2.05, 4.69) is 16.8 Å². The van der Waals surface area contributed by atoms with Crippen LogP contribution in [0.3, 0.4) is 0 Å². The van der Waals surface area contributed by atoms with Crippen molar-refractivity contribution >= 4 is 12.4 Å². The molecule has 1 aromatic carbocycles. The minimum Gasteiger partial charge on any atom is -0.314 e. The minimum absolute atomic E-state index is 0. The third-order valence-corrected chi connectivity index (χ3v) is 4.41. The summed E-state index contributed by atoms with van der Waals surface area (Å²) in [6.07, 6.45) is 0.458. The number of unbranched alkanes of at least 4 members (excludes halogenated alkanes) is 2. The lowest BCUT2D eigenvalue weighted by atomic mass is 9.93. The molecule has 1 saturated heterocycles. The zero-order valence-corrected chi connectivity index (χ0v) is 14.9. The van der Waals surface area contributed by atoms with Crippen LogP contribution in [0.25, 0.3) is 0 Å². The third kappa shape index (κ3) is 6.28. The first-order valence-corrected chi connectivity index (χ1v) is 8.36. The number of benzene rings is 1. The second-order valence-corrected chi connectivity index (χ2v) is 6.10. The molecule has 2 rings (SSSR count). The fourth-order valence-electron chi connectivity index (χ4n) is 3.22. The van der Waals surface area contributed by atoms with Gasteiger partial charge >= 0.3 is 6.18 Å². The first-order valence-electron chi connectivity index (χ1n) is 8.36. The molecule has 0 aromatic heterocycles. The van der Waals surface area contributed by atoms with Crippen LogP contribution in [0, 0.1) is 5.82 Å². The van der Waals surface area contributed by atoms with Crippen molar-refractivity contribution in [1.29, 1.82) is 0 Å². The summed E-state index contributed by atoms with van der Waals surface area (Å²) in [5.41, 5.74) is -0.667. The highest BCUT2D eigenvalue weighted by molar-refractivity contribution is 5.85. The van der Waals surface area contributed by atoms with E-state index in [0.29, 0.717) is 25.6 Å². The summed E-state index contributed by atoms with van der Waals surface area (Å²) in [6.45, 7) is 6.57. The topological polar surface area (TPSA) is 15.3 Å². The summed E-state index contributed by atoms with van der Waals surface area (Å²) >= 11 is 0. The first-order chi connectivity index (χ1) is 11.4. The van der Waals surface area contributed by atoms with Gasteiger partial charge in [0, 0.05) is 32.2 Å². The van der Waals surface area contributed by atoms with E-state index in [1.165, 1.54) is 6.07 Å². The predicted molar refractivity (Wildman–Crippen MR) is 94.5 cm³/mol. The number of alkyl halides is 3. The van der Waals surface area contributed by atoms with Gasteiger partial charge in [0.25, 0.3) is 0 Å². The lowest BCUT2D eigenvalue weighted by Crippen LogP contribution is -2.45. The fourth-order valence-corrected chi connectivity index (χ4v) is 3.22. The van der Waals surface area contributed by atoms with Crippen LogP contribution in [0.4, 0.5) is 17.6 Å². The molecule has 1 aliphatic rings. The van der Waals surface area contributed by atoms with E-state index in [4.69, 9.17) is 0 Å². The molecule has 0 bridgehead atoms. The van der Waals surface area contributed by atoms with Gasteiger partial charge in [0.05, 0.1) is 5.56 Å². The summed E-state index contributed by atoms with van der Waals surface area (Å²) in [5.74, 6) is -0.850. The van der Waals surface area contributed by atoms with E-state index < -0.39 is 17.6 Å². The van der Waals surface area contributed by atoms with Gasteiger partial charge in [-0.1, -0.05) is 18.6 Å². The van der Waals surface area contributed by atoms with E-state index >= 15 is 0 Å². The molecule has 0 radical (unpaired) electrons. The van der Waals surface area contributed by atoms with Gasteiger partial charge in [-0.3, -0.25) is 4.90 Å².